The van der Waals surface area contributed by atoms with Crippen molar-refractivity contribution in [3.8, 4) is 33.7 Å². The molecule has 4 heteroatoms. The summed E-state index contributed by atoms with van der Waals surface area (Å²) in [6, 6.07) is 65.1. The number of hydrogen-bond acceptors (Lipinski definition) is 3. The van der Waals surface area contributed by atoms with Crippen LogP contribution in [0.5, 0.6) is 5.75 Å². The molecule has 4 nitrogen and oxygen atoms in total. The van der Waals surface area contributed by atoms with Crippen molar-refractivity contribution in [3.63, 3.8) is 0 Å². The van der Waals surface area contributed by atoms with Crippen molar-refractivity contribution in [3.05, 3.63) is 188 Å². The van der Waals surface area contributed by atoms with E-state index in [9.17, 15) is 5.11 Å². The molecule has 0 amide bonds. The fourth-order valence-electron chi connectivity index (χ4n) is 7.62. The van der Waals surface area contributed by atoms with E-state index in [0.29, 0.717) is 0 Å². The molecule has 0 radical (unpaired) electrons. The van der Waals surface area contributed by atoms with E-state index in [1.54, 1.807) is 12.1 Å². The largest absolute Gasteiger partial charge is 0.508 e. The van der Waals surface area contributed by atoms with Crippen LogP contribution in [-0.2, 0) is 0 Å². The number of phenolic OH excluding ortho intramolecular Hbond substituents is 1. The average molecular weight is 669 g/mol. The van der Waals surface area contributed by atoms with Gasteiger partial charge in [-0.05, 0) is 102 Å². The van der Waals surface area contributed by atoms with E-state index in [1.807, 2.05) is 30.3 Å². The molecule has 1 N–H and O–H groups in total. The van der Waals surface area contributed by atoms with Crippen molar-refractivity contribution < 1.29 is 9.52 Å². The predicted molar refractivity (Wildman–Crippen MR) is 215 cm³/mol. The standard InChI is InChI=1S/C48H32N2O2/c51-39-28-26-38(27-29-39)49(37-24-19-33(20-25-37)40-13-8-14-43-42-12-5-7-16-47(42)52-48(40)43)36-22-17-32(18-23-36)34-21-30-46-44(31-34)41-11-4-6-15-45(41)50(46)35-9-2-1-3-10-35/h1-31,51H. The molecule has 0 unspecified atom stereocenters. The third-order valence-corrected chi connectivity index (χ3v) is 10.1. The summed E-state index contributed by atoms with van der Waals surface area (Å²) in [5.74, 6) is 0.234. The van der Waals surface area contributed by atoms with Gasteiger partial charge in [0.1, 0.15) is 16.9 Å². The van der Waals surface area contributed by atoms with Crippen LogP contribution in [-0.4, -0.2) is 9.67 Å². The first-order valence-corrected chi connectivity index (χ1v) is 17.5. The monoisotopic (exact) mass is 668 g/mol. The molecule has 10 aromatic rings. The van der Waals surface area contributed by atoms with Crippen LogP contribution in [0.15, 0.2) is 192 Å². The van der Waals surface area contributed by atoms with Crippen molar-refractivity contribution >= 4 is 60.8 Å². The summed E-state index contributed by atoms with van der Waals surface area (Å²) in [6.07, 6.45) is 0. The van der Waals surface area contributed by atoms with Crippen LogP contribution in [0.2, 0.25) is 0 Å². The Morgan fingerprint density at radius 3 is 1.75 bits per heavy atom. The first-order chi connectivity index (χ1) is 25.7. The topological polar surface area (TPSA) is 41.5 Å². The zero-order valence-electron chi connectivity index (χ0n) is 28.1. The Morgan fingerprint density at radius 2 is 1.00 bits per heavy atom. The molecular formula is C48H32N2O2. The maximum Gasteiger partial charge on any atom is 0.143 e. The van der Waals surface area contributed by atoms with Crippen molar-refractivity contribution in [1.29, 1.82) is 0 Å². The Balaban J connectivity index is 1.03. The molecule has 0 aliphatic heterocycles. The quantitative estimate of drug-likeness (QED) is 0.192. The highest BCUT2D eigenvalue weighted by Crippen LogP contribution is 2.40. The number of benzene rings is 8. The zero-order valence-corrected chi connectivity index (χ0v) is 28.1. The molecule has 0 aliphatic carbocycles. The van der Waals surface area contributed by atoms with E-state index < -0.39 is 0 Å². The van der Waals surface area contributed by atoms with Crippen LogP contribution in [0, 0.1) is 0 Å². The van der Waals surface area contributed by atoms with Gasteiger partial charge in [0, 0.05) is 49.9 Å². The van der Waals surface area contributed by atoms with Gasteiger partial charge in [0.2, 0.25) is 0 Å². The highest BCUT2D eigenvalue weighted by atomic mass is 16.3. The third-order valence-electron chi connectivity index (χ3n) is 10.1. The number of aromatic hydroxyl groups is 1. The van der Waals surface area contributed by atoms with Gasteiger partial charge in [0.15, 0.2) is 0 Å². The minimum absolute atomic E-state index is 0.234. The summed E-state index contributed by atoms with van der Waals surface area (Å²) in [7, 11) is 0. The first kappa shape index (κ1) is 29.8. The van der Waals surface area contributed by atoms with Gasteiger partial charge in [0.25, 0.3) is 0 Å². The second kappa shape index (κ2) is 12.1. The molecule has 0 aliphatic rings. The van der Waals surface area contributed by atoms with Gasteiger partial charge >= 0.3 is 0 Å². The number of phenols is 1. The predicted octanol–water partition coefficient (Wildman–Crippen LogP) is 13.2. The number of furan rings is 1. The molecule has 0 atom stereocenters. The molecule has 2 aromatic heterocycles. The molecule has 0 saturated heterocycles. The fraction of sp³-hybridized carbons (Fsp3) is 0. The van der Waals surface area contributed by atoms with Crippen molar-refractivity contribution in [2.45, 2.75) is 0 Å². The molecule has 8 aromatic carbocycles. The highest BCUT2D eigenvalue weighted by Gasteiger charge is 2.17. The van der Waals surface area contributed by atoms with E-state index in [2.05, 4.69) is 155 Å². The molecule has 2 heterocycles. The van der Waals surface area contributed by atoms with E-state index in [1.165, 1.54) is 21.8 Å². The Hall–Kier alpha value is -7.04. The van der Waals surface area contributed by atoms with Gasteiger partial charge in [-0.15, -0.1) is 0 Å². The minimum Gasteiger partial charge on any atom is -0.508 e. The number of para-hydroxylation sites is 4. The number of aromatic nitrogens is 1. The van der Waals surface area contributed by atoms with Gasteiger partial charge in [-0.1, -0.05) is 103 Å². The van der Waals surface area contributed by atoms with E-state index in [4.69, 9.17) is 4.42 Å². The lowest BCUT2D eigenvalue weighted by atomic mass is 10.0. The van der Waals surface area contributed by atoms with Crippen LogP contribution in [0.4, 0.5) is 17.1 Å². The Bertz CT molecular complexity index is 2890. The smallest absolute Gasteiger partial charge is 0.143 e. The molecule has 246 valence electrons. The normalized spacial score (nSPS) is 11.5. The number of nitrogens with zero attached hydrogens (tertiary/aromatic N) is 2. The fourth-order valence-corrected chi connectivity index (χ4v) is 7.62. The van der Waals surface area contributed by atoms with Crippen molar-refractivity contribution in [1.82, 2.24) is 4.57 Å². The van der Waals surface area contributed by atoms with Crippen LogP contribution < -0.4 is 4.90 Å². The molecule has 0 bridgehead atoms. The minimum atomic E-state index is 0.234. The second-order valence-corrected chi connectivity index (χ2v) is 13.1. The summed E-state index contributed by atoms with van der Waals surface area (Å²) in [5.41, 5.74) is 12.7. The zero-order chi connectivity index (χ0) is 34.6. The average Bonchev–Trinajstić information content (AvgIpc) is 3.75. The number of hydrogen-bond donors (Lipinski definition) is 1. The lowest BCUT2D eigenvalue weighted by Crippen LogP contribution is -2.09. The van der Waals surface area contributed by atoms with Crippen LogP contribution in [0.1, 0.15) is 0 Å². The number of rotatable bonds is 6. The summed E-state index contributed by atoms with van der Waals surface area (Å²) in [6.45, 7) is 0. The second-order valence-electron chi connectivity index (χ2n) is 13.1. The number of fused-ring (bicyclic) bond motifs is 6. The molecule has 0 spiro atoms. The lowest BCUT2D eigenvalue weighted by molar-refractivity contribution is 0.475. The highest BCUT2D eigenvalue weighted by molar-refractivity contribution is 6.11. The molecule has 0 saturated carbocycles. The maximum absolute atomic E-state index is 10.1. The summed E-state index contributed by atoms with van der Waals surface area (Å²) in [5, 5.41) is 14.8. The van der Waals surface area contributed by atoms with Crippen molar-refractivity contribution in [2.24, 2.45) is 0 Å². The van der Waals surface area contributed by atoms with E-state index in [0.717, 1.165) is 66.9 Å². The van der Waals surface area contributed by atoms with Gasteiger partial charge in [0.05, 0.1) is 11.0 Å². The molecular weight excluding hydrogens is 637 g/mol. The SMILES string of the molecule is Oc1ccc(N(c2ccc(-c3ccc4c(c3)c3ccccc3n4-c3ccccc3)cc2)c2ccc(-c3cccc4c3oc3ccccc34)cc2)cc1. The van der Waals surface area contributed by atoms with Gasteiger partial charge in [-0.3, -0.25) is 0 Å². The van der Waals surface area contributed by atoms with Gasteiger partial charge < -0.3 is 19.0 Å². The van der Waals surface area contributed by atoms with Crippen LogP contribution in [0.25, 0.3) is 71.7 Å². The Kier molecular flexibility index (Phi) is 6.93. The lowest BCUT2D eigenvalue weighted by Gasteiger charge is -2.26. The first-order valence-electron chi connectivity index (χ1n) is 17.5. The summed E-state index contributed by atoms with van der Waals surface area (Å²) < 4.78 is 8.69. The Morgan fingerprint density at radius 1 is 0.423 bits per heavy atom. The van der Waals surface area contributed by atoms with E-state index >= 15 is 0 Å². The molecule has 10 rings (SSSR count). The summed E-state index contributed by atoms with van der Waals surface area (Å²) in [4.78, 5) is 2.21. The summed E-state index contributed by atoms with van der Waals surface area (Å²) >= 11 is 0. The van der Waals surface area contributed by atoms with Crippen molar-refractivity contribution in [2.75, 3.05) is 4.90 Å². The number of anilines is 3. The maximum atomic E-state index is 10.1. The van der Waals surface area contributed by atoms with Crippen LogP contribution in [0.3, 0.4) is 0 Å². The van der Waals surface area contributed by atoms with Gasteiger partial charge in [-0.25, -0.2) is 0 Å². The molecule has 52 heavy (non-hydrogen) atoms. The van der Waals surface area contributed by atoms with Crippen LogP contribution >= 0.6 is 0 Å². The third kappa shape index (κ3) is 4.92. The Labute approximate surface area is 300 Å². The molecule has 0 fully saturated rings. The van der Waals surface area contributed by atoms with E-state index in [-0.39, 0.29) is 5.75 Å². The van der Waals surface area contributed by atoms with Gasteiger partial charge in [-0.2, -0.15) is 0 Å².